The molecule has 0 fully saturated rings. The number of rotatable bonds is 7. The molecule has 1 atom stereocenters. The Morgan fingerprint density at radius 1 is 1.47 bits per heavy atom. The maximum Gasteiger partial charge on any atom is 0.327 e. The van der Waals surface area contributed by atoms with Crippen molar-refractivity contribution in [2.45, 2.75) is 19.9 Å². The molecule has 0 bridgehead atoms. The Labute approximate surface area is 112 Å². The van der Waals surface area contributed by atoms with Gasteiger partial charge in [-0.1, -0.05) is 17.7 Å². The number of benzene rings is 1. The van der Waals surface area contributed by atoms with Gasteiger partial charge in [-0.05, 0) is 19.9 Å². The van der Waals surface area contributed by atoms with Crippen LogP contribution in [0.1, 0.15) is 24.1 Å². The summed E-state index contributed by atoms with van der Waals surface area (Å²) in [5.74, 6) is -0.906. The maximum absolute atomic E-state index is 13.9. The van der Waals surface area contributed by atoms with Crippen LogP contribution in [0.2, 0.25) is 0 Å². The normalized spacial score (nSPS) is 12.2. The Bertz CT molecular complexity index is 423. The highest BCUT2D eigenvalue weighted by Gasteiger charge is 2.24. The second kappa shape index (κ2) is 7.86. The minimum atomic E-state index is -0.810. The molecule has 0 spiro atoms. The van der Waals surface area contributed by atoms with Crippen LogP contribution in [0.5, 0.6) is 0 Å². The van der Waals surface area contributed by atoms with E-state index in [1.807, 2.05) is 6.92 Å². The van der Waals surface area contributed by atoms with Crippen molar-refractivity contribution in [1.82, 2.24) is 5.32 Å². The van der Waals surface area contributed by atoms with Gasteiger partial charge in [0.05, 0.1) is 13.2 Å². The van der Waals surface area contributed by atoms with E-state index in [-0.39, 0.29) is 6.61 Å². The maximum atomic E-state index is 13.9. The lowest BCUT2D eigenvalue weighted by Crippen LogP contribution is -2.33. The molecular formula is C14H20FNO3. The van der Waals surface area contributed by atoms with Gasteiger partial charge in [0.25, 0.3) is 0 Å². The molecule has 1 aromatic carbocycles. The number of ether oxygens (including phenoxy) is 2. The number of halogens is 1. The first-order chi connectivity index (χ1) is 9.10. The first-order valence-corrected chi connectivity index (χ1v) is 6.25. The van der Waals surface area contributed by atoms with Gasteiger partial charge in [0.1, 0.15) is 11.9 Å². The van der Waals surface area contributed by atoms with E-state index in [1.165, 1.54) is 6.07 Å². The molecule has 0 aliphatic heterocycles. The van der Waals surface area contributed by atoms with Crippen molar-refractivity contribution in [3.05, 3.63) is 35.1 Å². The molecule has 0 radical (unpaired) electrons. The van der Waals surface area contributed by atoms with Crippen molar-refractivity contribution in [3.8, 4) is 0 Å². The zero-order chi connectivity index (χ0) is 14.3. The molecule has 1 unspecified atom stereocenters. The van der Waals surface area contributed by atoms with Crippen LogP contribution in [0, 0.1) is 12.7 Å². The Morgan fingerprint density at radius 2 is 2.21 bits per heavy atom. The van der Waals surface area contributed by atoms with Crippen molar-refractivity contribution >= 4 is 5.97 Å². The van der Waals surface area contributed by atoms with Gasteiger partial charge in [-0.25, -0.2) is 9.18 Å². The van der Waals surface area contributed by atoms with Crippen LogP contribution in [0.15, 0.2) is 18.2 Å². The number of carbonyl (C=O) groups excluding carboxylic acids is 1. The van der Waals surface area contributed by atoms with E-state index in [0.29, 0.717) is 18.7 Å². The van der Waals surface area contributed by atoms with Gasteiger partial charge >= 0.3 is 5.97 Å². The minimum absolute atomic E-state index is 0.259. The van der Waals surface area contributed by atoms with E-state index in [0.717, 1.165) is 5.56 Å². The molecular weight excluding hydrogens is 249 g/mol. The van der Waals surface area contributed by atoms with E-state index in [4.69, 9.17) is 9.47 Å². The van der Waals surface area contributed by atoms with E-state index >= 15 is 0 Å². The average molecular weight is 269 g/mol. The summed E-state index contributed by atoms with van der Waals surface area (Å²) >= 11 is 0. The molecule has 0 heterocycles. The number of esters is 1. The molecule has 0 aliphatic rings. The number of hydrogen-bond donors (Lipinski definition) is 1. The molecule has 1 rings (SSSR count). The first kappa shape index (κ1) is 15.6. The number of methoxy groups -OCH3 is 1. The second-order valence-corrected chi connectivity index (χ2v) is 4.16. The number of nitrogens with one attached hydrogen (secondary N) is 1. The Balaban J connectivity index is 2.93. The third kappa shape index (κ3) is 4.61. The Hall–Kier alpha value is -1.46. The summed E-state index contributed by atoms with van der Waals surface area (Å²) in [5, 5.41) is 2.95. The van der Waals surface area contributed by atoms with Crippen LogP contribution in [-0.2, 0) is 14.3 Å². The fourth-order valence-corrected chi connectivity index (χ4v) is 1.74. The van der Waals surface area contributed by atoms with Crippen LogP contribution in [-0.4, -0.2) is 32.8 Å². The van der Waals surface area contributed by atoms with Crippen LogP contribution in [0.4, 0.5) is 4.39 Å². The monoisotopic (exact) mass is 269 g/mol. The topological polar surface area (TPSA) is 47.6 Å². The fraction of sp³-hybridized carbons (Fsp3) is 0.500. The highest BCUT2D eigenvalue weighted by atomic mass is 19.1. The number of hydrogen-bond acceptors (Lipinski definition) is 4. The SMILES string of the molecule is CCOC(=O)C(NCCOC)c1cc(C)ccc1F. The molecule has 5 heteroatoms. The van der Waals surface area contributed by atoms with Gasteiger partial charge in [-0.15, -0.1) is 0 Å². The van der Waals surface area contributed by atoms with Gasteiger partial charge in [-0.2, -0.15) is 0 Å². The summed E-state index contributed by atoms with van der Waals surface area (Å²) in [6.45, 7) is 4.70. The van der Waals surface area contributed by atoms with Gasteiger partial charge < -0.3 is 9.47 Å². The zero-order valence-corrected chi connectivity index (χ0v) is 11.5. The molecule has 1 N–H and O–H groups in total. The fourth-order valence-electron chi connectivity index (χ4n) is 1.74. The number of carbonyl (C=O) groups is 1. The van der Waals surface area contributed by atoms with Crippen molar-refractivity contribution in [2.75, 3.05) is 26.9 Å². The summed E-state index contributed by atoms with van der Waals surface area (Å²) in [5.41, 5.74) is 1.19. The van der Waals surface area contributed by atoms with Gasteiger partial charge in [0.15, 0.2) is 0 Å². The molecule has 0 aromatic heterocycles. The molecule has 0 amide bonds. The van der Waals surface area contributed by atoms with Crippen LogP contribution < -0.4 is 5.32 Å². The largest absolute Gasteiger partial charge is 0.465 e. The molecule has 19 heavy (non-hydrogen) atoms. The Morgan fingerprint density at radius 3 is 2.84 bits per heavy atom. The molecule has 0 saturated heterocycles. The lowest BCUT2D eigenvalue weighted by Gasteiger charge is -2.18. The van der Waals surface area contributed by atoms with Crippen molar-refractivity contribution in [1.29, 1.82) is 0 Å². The quantitative estimate of drug-likeness (QED) is 0.607. The van der Waals surface area contributed by atoms with E-state index in [9.17, 15) is 9.18 Å². The van der Waals surface area contributed by atoms with Gasteiger partial charge in [-0.3, -0.25) is 5.32 Å². The highest BCUT2D eigenvalue weighted by molar-refractivity contribution is 5.77. The lowest BCUT2D eigenvalue weighted by molar-refractivity contribution is -0.146. The van der Waals surface area contributed by atoms with Crippen LogP contribution in [0.3, 0.4) is 0 Å². The Kier molecular flexibility index (Phi) is 6.45. The number of aryl methyl sites for hydroxylation is 1. The summed E-state index contributed by atoms with van der Waals surface area (Å²) in [4.78, 5) is 11.9. The predicted molar refractivity (Wildman–Crippen MR) is 70.4 cm³/mol. The van der Waals surface area contributed by atoms with E-state index < -0.39 is 17.8 Å². The predicted octanol–water partition coefficient (Wildman–Crippen LogP) is 1.97. The minimum Gasteiger partial charge on any atom is -0.465 e. The molecule has 4 nitrogen and oxygen atoms in total. The molecule has 0 aliphatic carbocycles. The molecule has 106 valence electrons. The van der Waals surface area contributed by atoms with Crippen LogP contribution in [0.25, 0.3) is 0 Å². The van der Waals surface area contributed by atoms with E-state index in [2.05, 4.69) is 5.32 Å². The lowest BCUT2D eigenvalue weighted by atomic mass is 10.0. The summed E-state index contributed by atoms with van der Waals surface area (Å²) in [6.07, 6.45) is 0. The standard InChI is InChI=1S/C14H20FNO3/c1-4-19-14(17)13(16-7-8-18-3)11-9-10(2)5-6-12(11)15/h5-6,9,13,16H,4,7-8H2,1-3H3. The first-order valence-electron chi connectivity index (χ1n) is 6.25. The summed E-state index contributed by atoms with van der Waals surface area (Å²) in [7, 11) is 1.56. The van der Waals surface area contributed by atoms with Crippen LogP contribution >= 0.6 is 0 Å². The van der Waals surface area contributed by atoms with Crippen molar-refractivity contribution in [3.63, 3.8) is 0 Å². The summed E-state index contributed by atoms with van der Waals surface area (Å²) < 4.78 is 23.7. The summed E-state index contributed by atoms with van der Waals surface area (Å²) in [6, 6.07) is 3.86. The zero-order valence-electron chi connectivity index (χ0n) is 11.5. The highest BCUT2D eigenvalue weighted by Crippen LogP contribution is 2.20. The molecule has 0 saturated carbocycles. The third-order valence-electron chi connectivity index (χ3n) is 2.64. The van der Waals surface area contributed by atoms with Crippen molar-refractivity contribution < 1.29 is 18.7 Å². The van der Waals surface area contributed by atoms with Crippen molar-refractivity contribution in [2.24, 2.45) is 0 Å². The molecule has 1 aromatic rings. The average Bonchev–Trinajstić information content (AvgIpc) is 2.38. The smallest absolute Gasteiger partial charge is 0.327 e. The van der Waals surface area contributed by atoms with Gasteiger partial charge in [0, 0.05) is 19.2 Å². The third-order valence-corrected chi connectivity index (χ3v) is 2.64. The second-order valence-electron chi connectivity index (χ2n) is 4.16. The van der Waals surface area contributed by atoms with E-state index in [1.54, 1.807) is 26.2 Å². The van der Waals surface area contributed by atoms with Gasteiger partial charge in [0.2, 0.25) is 0 Å².